The number of pyridine rings is 2. The number of aromatic nitrogens is 2. The second-order valence-corrected chi connectivity index (χ2v) is 3.76. The van der Waals surface area contributed by atoms with Gasteiger partial charge in [0.05, 0.1) is 0 Å². The Balaban J connectivity index is 2.87. The van der Waals surface area contributed by atoms with Crippen LogP contribution in [0, 0.1) is 0 Å². The van der Waals surface area contributed by atoms with Gasteiger partial charge in [-0.25, -0.2) is 9.97 Å². The number of nitrogen functional groups attached to an aromatic ring is 1. The standard InChI is InChI=1S/C8H5BrClN3/c9-6-2-5-4(3-12-6)1-7(10)13-8(5)11/h1-3H,(H2,11,13). The molecule has 0 amide bonds. The molecule has 0 aliphatic heterocycles. The average molecular weight is 259 g/mol. The summed E-state index contributed by atoms with van der Waals surface area (Å²) in [6.45, 7) is 0. The second-order valence-electron chi connectivity index (χ2n) is 2.56. The largest absolute Gasteiger partial charge is 0.383 e. The molecule has 0 fully saturated rings. The van der Waals surface area contributed by atoms with Crippen LogP contribution in [-0.2, 0) is 0 Å². The number of hydrogen-bond acceptors (Lipinski definition) is 3. The molecule has 3 nitrogen and oxygen atoms in total. The lowest BCUT2D eigenvalue weighted by Crippen LogP contribution is -1.92. The van der Waals surface area contributed by atoms with Gasteiger partial charge in [0.1, 0.15) is 15.6 Å². The molecule has 0 saturated carbocycles. The zero-order valence-electron chi connectivity index (χ0n) is 6.46. The minimum absolute atomic E-state index is 0.383. The van der Waals surface area contributed by atoms with Crippen LogP contribution in [0.3, 0.4) is 0 Å². The van der Waals surface area contributed by atoms with Gasteiger partial charge in [-0.2, -0.15) is 0 Å². The molecular formula is C8H5BrClN3. The molecule has 0 saturated heterocycles. The van der Waals surface area contributed by atoms with E-state index in [0.717, 1.165) is 15.4 Å². The fourth-order valence-corrected chi connectivity index (χ4v) is 1.65. The van der Waals surface area contributed by atoms with Gasteiger partial charge in [-0.05, 0) is 28.1 Å². The first-order chi connectivity index (χ1) is 6.16. The van der Waals surface area contributed by atoms with Gasteiger partial charge in [-0.1, -0.05) is 11.6 Å². The van der Waals surface area contributed by atoms with Crippen LogP contribution >= 0.6 is 27.5 Å². The summed E-state index contributed by atoms with van der Waals surface area (Å²) < 4.78 is 0.732. The van der Waals surface area contributed by atoms with Crippen LogP contribution in [0.4, 0.5) is 5.82 Å². The lowest BCUT2D eigenvalue weighted by molar-refractivity contribution is 1.29. The number of rotatable bonds is 0. The van der Waals surface area contributed by atoms with Crippen molar-refractivity contribution >= 4 is 44.1 Å². The molecule has 0 unspecified atom stereocenters. The Kier molecular flexibility index (Phi) is 2.09. The van der Waals surface area contributed by atoms with Crippen LogP contribution in [-0.4, -0.2) is 9.97 Å². The van der Waals surface area contributed by atoms with Gasteiger partial charge in [0.15, 0.2) is 0 Å². The predicted molar refractivity (Wildman–Crippen MR) is 56.7 cm³/mol. The number of hydrogen-bond donors (Lipinski definition) is 1. The zero-order chi connectivity index (χ0) is 9.42. The number of anilines is 1. The third-order valence-corrected chi connectivity index (χ3v) is 2.31. The van der Waals surface area contributed by atoms with Crippen molar-refractivity contribution in [1.82, 2.24) is 9.97 Å². The fraction of sp³-hybridized carbons (Fsp3) is 0. The van der Waals surface area contributed by atoms with Crippen molar-refractivity contribution in [3.8, 4) is 0 Å². The summed E-state index contributed by atoms with van der Waals surface area (Å²) in [6.07, 6.45) is 1.70. The monoisotopic (exact) mass is 257 g/mol. The van der Waals surface area contributed by atoms with Crippen molar-refractivity contribution in [1.29, 1.82) is 0 Å². The molecule has 0 radical (unpaired) electrons. The molecule has 0 aliphatic rings. The Morgan fingerprint density at radius 1 is 1.38 bits per heavy atom. The van der Waals surface area contributed by atoms with E-state index in [1.807, 2.05) is 6.07 Å². The van der Waals surface area contributed by atoms with Gasteiger partial charge in [0, 0.05) is 17.0 Å². The fourth-order valence-electron chi connectivity index (χ4n) is 1.11. The molecule has 66 valence electrons. The molecule has 2 N–H and O–H groups in total. The molecule has 0 spiro atoms. The molecule has 13 heavy (non-hydrogen) atoms. The Bertz CT molecular complexity index is 472. The zero-order valence-corrected chi connectivity index (χ0v) is 8.80. The molecule has 2 rings (SSSR count). The van der Waals surface area contributed by atoms with Gasteiger partial charge in [0.25, 0.3) is 0 Å². The molecule has 0 atom stereocenters. The maximum atomic E-state index is 5.73. The summed E-state index contributed by atoms with van der Waals surface area (Å²) in [7, 11) is 0. The summed E-state index contributed by atoms with van der Waals surface area (Å²) in [5.41, 5.74) is 5.68. The van der Waals surface area contributed by atoms with Crippen molar-refractivity contribution in [2.24, 2.45) is 0 Å². The lowest BCUT2D eigenvalue weighted by atomic mass is 10.2. The van der Waals surface area contributed by atoms with Crippen LogP contribution in [0.15, 0.2) is 22.9 Å². The van der Waals surface area contributed by atoms with Crippen LogP contribution in [0.2, 0.25) is 5.15 Å². The van der Waals surface area contributed by atoms with E-state index in [2.05, 4.69) is 25.9 Å². The summed E-state index contributed by atoms with van der Waals surface area (Å²) >= 11 is 8.99. The Morgan fingerprint density at radius 2 is 2.15 bits per heavy atom. The maximum Gasteiger partial charge on any atom is 0.133 e. The van der Waals surface area contributed by atoms with Gasteiger partial charge < -0.3 is 5.73 Å². The molecule has 2 aromatic heterocycles. The van der Waals surface area contributed by atoms with E-state index in [0.29, 0.717) is 11.0 Å². The van der Waals surface area contributed by atoms with E-state index >= 15 is 0 Å². The minimum atomic E-state index is 0.383. The third-order valence-electron chi connectivity index (χ3n) is 1.68. The maximum absolute atomic E-state index is 5.73. The van der Waals surface area contributed by atoms with Crippen molar-refractivity contribution in [3.63, 3.8) is 0 Å². The number of fused-ring (bicyclic) bond motifs is 1. The minimum Gasteiger partial charge on any atom is -0.383 e. The number of halogens is 2. The highest BCUT2D eigenvalue weighted by molar-refractivity contribution is 9.10. The highest BCUT2D eigenvalue weighted by Gasteiger charge is 2.02. The molecule has 0 bridgehead atoms. The Labute approximate surface area is 88.1 Å². The quantitative estimate of drug-likeness (QED) is 0.739. The van der Waals surface area contributed by atoms with Gasteiger partial charge in [-0.3, -0.25) is 0 Å². The third kappa shape index (κ3) is 1.59. The van der Waals surface area contributed by atoms with Gasteiger partial charge in [0.2, 0.25) is 0 Å². The summed E-state index contributed by atoms with van der Waals surface area (Å²) in [6, 6.07) is 3.54. The molecule has 2 heterocycles. The Hall–Kier alpha value is -0.870. The first kappa shape index (κ1) is 8.72. The van der Waals surface area contributed by atoms with E-state index < -0.39 is 0 Å². The Morgan fingerprint density at radius 3 is 2.92 bits per heavy atom. The van der Waals surface area contributed by atoms with E-state index in [1.54, 1.807) is 12.3 Å². The van der Waals surface area contributed by atoms with E-state index in [4.69, 9.17) is 17.3 Å². The van der Waals surface area contributed by atoms with E-state index in [-0.39, 0.29) is 0 Å². The van der Waals surface area contributed by atoms with Crippen LogP contribution in [0.25, 0.3) is 10.8 Å². The first-order valence-corrected chi connectivity index (χ1v) is 4.71. The van der Waals surface area contributed by atoms with E-state index in [9.17, 15) is 0 Å². The molecule has 0 aliphatic carbocycles. The van der Waals surface area contributed by atoms with Crippen molar-refractivity contribution in [2.75, 3.05) is 5.73 Å². The normalized spacial score (nSPS) is 10.6. The van der Waals surface area contributed by atoms with Crippen LogP contribution in [0.5, 0.6) is 0 Å². The van der Waals surface area contributed by atoms with Crippen LogP contribution in [0.1, 0.15) is 0 Å². The van der Waals surface area contributed by atoms with Gasteiger partial charge in [-0.15, -0.1) is 0 Å². The SMILES string of the molecule is Nc1nc(Cl)cc2cnc(Br)cc12. The molecular weight excluding hydrogens is 253 g/mol. The summed E-state index contributed by atoms with van der Waals surface area (Å²) in [5, 5.41) is 2.13. The number of nitrogens with two attached hydrogens (primary N) is 1. The van der Waals surface area contributed by atoms with Gasteiger partial charge >= 0.3 is 0 Å². The first-order valence-electron chi connectivity index (χ1n) is 3.54. The highest BCUT2D eigenvalue weighted by Crippen LogP contribution is 2.24. The summed E-state index contributed by atoms with van der Waals surface area (Å²) in [5.74, 6) is 0.422. The molecule has 2 aromatic rings. The molecule has 0 aromatic carbocycles. The average Bonchev–Trinajstić information content (AvgIpc) is 2.06. The molecule has 5 heteroatoms. The van der Waals surface area contributed by atoms with Crippen LogP contribution < -0.4 is 5.73 Å². The second kappa shape index (κ2) is 3.12. The van der Waals surface area contributed by atoms with Crippen molar-refractivity contribution in [2.45, 2.75) is 0 Å². The van der Waals surface area contributed by atoms with E-state index in [1.165, 1.54) is 0 Å². The van der Waals surface area contributed by atoms with Crippen molar-refractivity contribution < 1.29 is 0 Å². The summed E-state index contributed by atoms with van der Waals surface area (Å²) in [4.78, 5) is 8.00. The number of nitrogens with zero attached hydrogens (tertiary/aromatic N) is 2. The smallest absolute Gasteiger partial charge is 0.133 e. The lowest BCUT2D eigenvalue weighted by Gasteiger charge is -2.01. The predicted octanol–water partition coefficient (Wildman–Crippen LogP) is 2.63. The highest BCUT2D eigenvalue weighted by atomic mass is 79.9. The topological polar surface area (TPSA) is 51.8 Å². The van der Waals surface area contributed by atoms with Crippen molar-refractivity contribution in [3.05, 3.63) is 28.1 Å².